The summed E-state index contributed by atoms with van der Waals surface area (Å²) in [6, 6.07) is 6.55. The van der Waals surface area contributed by atoms with Gasteiger partial charge in [0.25, 0.3) is 5.91 Å². The molecule has 4 N–H and O–H groups in total. The van der Waals surface area contributed by atoms with E-state index >= 15 is 0 Å². The highest BCUT2D eigenvalue weighted by Gasteiger charge is 2.25. The van der Waals surface area contributed by atoms with Gasteiger partial charge in [0.2, 0.25) is 5.91 Å². The smallest absolute Gasteiger partial charge is 0.251 e. The molecule has 0 saturated heterocycles. The highest BCUT2D eigenvalue weighted by molar-refractivity contribution is 5.97. The van der Waals surface area contributed by atoms with Crippen molar-refractivity contribution in [1.82, 2.24) is 10.6 Å². The minimum atomic E-state index is -0.576. The molecule has 1 aromatic carbocycles. The molecule has 0 saturated carbocycles. The third-order valence-electron chi connectivity index (χ3n) is 3.29. The van der Waals surface area contributed by atoms with Gasteiger partial charge in [-0.05, 0) is 31.9 Å². The van der Waals surface area contributed by atoms with Crippen LogP contribution in [0.5, 0.6) is 0 Å². The Morgan fingerprint density at radius 3 is 2.14 bits per heavy atom. The van der Waals surface area contributed by atoms with Gasteiger partial charge in [-0.25, -0.2) is 0 Å². The first-order valence-corrected chi connectivity index (χ1v) is 7.23. The predicted molar refractivity (Wildman–Crippen MR) is 83.9 cm³/mol. The van der Waals surface area contributed by atoms with Gasteiger partial charge < -0.3 is 16.4 Å². The third-order valence-corrected chi connectivity index (χ3v) is 3.29. The maximum absolute atomic E-state index is 12.2. The molecular formula is C16H25N3O2. The highest BCUT2D eigenvalue weighted by Crippen LogP contribution is 2.07. The zero-order valence-electron chi connectivity index (χ0n) is 13.1. The molecule has 0 bridgehead atoms. The number of hydrogen-bond donors (Lipinski definition) is 3. The molecule has 2 amide bonds. The van der Waals surface area contributed by atoms with Crippen LogP contribution in [0.15, 0.2) is 24.3 Å². The van der Waals surface area contributed by atoms with Crippen LogP contribution in [0.1, 0.15) is 36.7 Å². The van der Waals surface area contributed by atoms with E-state index in [0.717, 1.165) is 5.56 Å². The lowest BCUT2D eigenvalue weighted by atomic mass is 10.0. The van der Waals surface area contributed by atoms with E-state index in [1.165, 1.54) is 0 Å². The highest BCUT2D eigenvalue weighted by atomic mass is 16.2. The molecule has 0 aliphatic carbocycles. The topological polar surface area (TPSA) is 84.2 Å². The van der Waals surface area contributed by atoms with Crippen molar-refractivity contribution in [3.8, 4) is 0 Å². The summed E-state index contributed by atoms with van der Waals surface area (Å²) in [5.74, 6) is -0.461. The van der Waals surface area contributed by atoms with Crippen LogP contribution >= 0.6 is 0 Å². The van der Waals surface area contributed by atoms with Gasteiger partial charge in [0, 0.05) is 18.2 Å². The van der Waals surface area contributed by atoms with E-state index < -0.39 is 6.04 Å². The number of benzene rings is 1. The maximum Gasteiger partial charge on any atom is 0.251 e. The van der Waals surface area contributed by atoms with Crippen molar-refractivity contribution in [2.75, 3.05) is 6.54 Å². The average molecular weight is 291 g/mol. The Labute approximate surface area is 126 Å². The van der Waals surface area contributed by atoms with E-state index in [-0.39, 0.29) is 23.8 Å². The average Bonchev–Trinajstić information content (AvgIpc) is 2.44. The number of rotatable bonds is 6. The molecule has 0 aromatic heterocycles. The molecule has 5 nitrogen and oxygen atoms in total. The molecular weight excluding hydrogens is 266 g/mol. The van der Waals surface area contributed by atoms with E-state index in [1.54, 1.807) is 12.1 Å². The van der Waals surface area contributed by atoms with Gasteiger partial charge in [0.1, 0.15) is 6.04 Å². The quantitative estimate of drug-likeness (QED) is 0.736. The van der Waals surface area contributed by atoms with Gasteiger partial charge >= 0.3 is 0 Å². The summed E-state index contributed by atoms with van der Waals surface area (Å²) < 4.78 is 0. The summed E-state index contributed by atoms with van der Waals surface area (Å²) in [4.78, 5) is 24.4. The molecule has 1 rings (SSSR count). The molecule has 0 aliphatic rings. The number of carbonyl (C=O) groups is 2. The fraction of sp³-hybridized carbons (Fsp3) is 0.500. The first kappa shape index (κ1) is 17.2. The monoisotopic (exact) mass is 291 g/mol. The van der Waals surface area contributed by atoms with Gasteiger partial charge in [-0.3, -0.25) is 9.59 Å². The third kappa shape index (κ3) is 5.19. The minimum absolute atomic E-state index is 0.00984. The standard InChI is InChI=1S/C16H25N3O2/c1-10(2)14(16(21)18-12(4)9-17)19-15(20)13-7-5-11(3)6-8-13/h5-8,10,12,14H,9,17H2,1-4H3,(H,18,21)(H,19,20)/t12-,14?/m0/s1. The number of aryl methyl sites for hydroxylation is 1. The molecule has 116 valence electrons. The first-order chi connectivity index (χ1) is 9.85. The van der Waals surface area contributed by atoms with Crippen LogP contribution in [0.25, 0.3) is 0 Å². The van der Waals surface area contributed by atoms with Gasteiger partial charge in [-0.15, -0.1) is 0 Å². The molecule has 0 heterocycles. The molecule has 21 heavy (non-hydrogen) atoms. The molecule has 5 heteroatoms. The SMILES string of the molecule is Cc1ccc(C(=O)NC(C(=O)N[C@@H](C)CN)C(C)C)cc1. The summed E-state index contributed by atoms with van der Waals surface area (Å²) in [7, 11) is 0. The molecule has 2 atom stereocenters. The van der Waals surface area contributed by atoms with Crippen LogP contribution in [0.4, 0.5) is 0 Å². The summed E-state index contributed by atoms with van der Waals surface area (Å²) >= 11 is 0. The Bertz CT molecular complexity index is 483. The number of amides is 2. The van der Waals surface area contributed by atoms with Gasteiger partial charge in [0.05, 0.1) is 0 Å². The molecule has 0 radical (unpaired) electrons. The van der Waals surface area contributed by atoms with Crippen LogP contribution in [0, 0.1) is 12.8 Å². The fourth-order valence-electron chi connectivity index (χ4n) is 1.86. The van der Waals surface area contributed by atoms with Gasteiger partial charge in [0.15, 0.2) is 0 Å². The van der Waals surface area contributed by atoms with E-state index in [0.29, 0.717) is 12.1 Å². The number of hydrogen-bond acceptors (Lipinski definition) is 3. The Hall–Kier alpha value is -1.88. The minimum Gasteiger partial charge on any atom is -0.351 e. The van der Waals surface area contributed by atoms with Crippen molar-refractivity contribution in [1.29, 1.82) is 0 Å². The van der Waals surface area contributed by atoms with E-state index in [1.807, 2.05) is 39.8 Å². The van der Waals surface area contributed by atoms with E-state index in [9.17, 15) is 9.59 Å². The summed E-state index contributed by atoms with van der Waals surface area (Å²) in [5, 5.41) is 5.59. The van der Waals surface area contributed by atoms with Gasteiger partial charge in [-0.1, -0.05) is 31.5 Å². The zero-order valence-corrected chi connectivity index (χ0v) is 13.1. The zero-order chi connectivity index (χ0) is 16.0. The fourth-order valence-corrected chi connectivity index (χ4v) is 1.86. The van der Waals surface area contributed by atoms with Crippen molar-refractivity contribution in [3.63, 3.8) is 0 Å². The van der Waals surface area contributed by atoms with E-state index in [2.05, 4.69) is 10.6 Å². The lowest BCUT2D eigenvalue weighted by Crippen LogP contribution is -2.52. The molecule has 1 aromatic rings. The Morgan fingerprint density at radius 1 is 1.10 bits per heavy atom. The number of carbonyl (C=O) groups excluding carboxylic acids is 2. The normalized spacial score (nSPS) is 13.6. The second-order valence-corrected chi connectivity index (χ2v) is 5.71. The molecule has 0 fully saturated rings. The number of nitrogens with one attached hydrogen (secondary N) is 2. The van der Waals surface area contributed by atoms with Crippen LogP contribution in [-0.4, -0.2) is 30.4 Å². The van der Waals surface area contributed by atoms with Crippen LogP contribution in [0.2, 0.25) is 0 Å². The largest absolute Gasteiger partial charge is 0.351 e. The maximum atomic E-state index is 12.2. The van der Waals surface area contributed by atoms with Gasteiger partial charge in [-0.2, -0.15) is 0 Å². The molecule has 1 unspecified atom stereocenters. The predicted octanol–water partition coefficient (Wildman–Crippen LogP) is 1.21. The first-order valence-electron chi connectivity index (χ1n) is 7.23. The summed E-state index contributed by atoms with van der Waals surface area (Å²) in [6.45, 7) is 7.94. The summed E-state index contributed by atoms with van der Waals surface area (Å²) in [5.41, 5.74) is 7.13. The van der Waals surface area contributed by atoms with Crippen LogP contribution < -0.4 is 16.4 Å². The van der Waals surface area contributed by atoms with Crippen LogP contribution in [-0.2, 0) is 4.79 Å². The summed E-state index contributed by atoms with van der Waals surface area (Å²) in [6.07, 6.45) is 0. The molecule has 0 spiro atoms. The lowest BCUT2D eigenvalue weighted by Gasteiger charge is -2.23. The van der Waals surface area contributed by atoms with Crippen molar-refractivity contribution in [3.05, 3.63) is 35.4 Å². The van der Waals surface area contributed by atoms with Crippen LogP contribution in [0.3, 0.4) is 0 Å². The van der Waals surface area contributed by atoms with Crippen molar-refractivity contribution in [2.24, 2.45) is 11.7 Å². The van der Waals surface area contributed by atoms with E-state index in [4.69, 9.17) is 5.73 Å². The van der Waals surface area contributed by atoms with Crippen molar-refractivity contribution in [2.45, 2.75) is 39.8 Å². The Kier molecular flexibility index (Phi) is 6.37. The Morgan fingerprint density at radius 2 is 1.67 bits per heavy atom. The Balaban J connectivity index is 2.76. The lowest BCUT2D eigenvalue weighted by molar-refractivity contribution is -0.124. The number of nitrogens with two attached hydrogens (primary N) is 1. The second-order valence-electron chi connectivity index (χ2n) is 5.71. The van der Waals surface area contributed by atoms with Crippen molar-refractivity contribution < 1.29 is 9.59 Å². The molecule has 0 aliphatic heterocycles. The van der Waals surface area contributed by atoms with Crippen molar-refractivity contribution >= 4 is 11.8 Å². The second kappa shape index (κ2) is 7.78.